The molecule has 2 unspecified atom stereocenters. The van der Waals surface area contributed by atoms with Crippen LogP contribution in [0.1, 0.15) is 48.0 Å². The SMILES string of the molecule is C.CC(C)[C@H](CN1CCC(C2=CCC(Cl)C=C2)C(C)(C)C1)Nc1nc(-c2ccccc2)cs1.O.O. The van der Waals surface area contributed by atoms with Crippen LogP contribution in [-0.4, -0.2) is 51.9 Å². The number of hydrogen-bond acceptors (Lipinski definition) is 4. The lowest BCUT2D eigenvalue weighted by atomic mass is 9.69. The van der Waals surface area contributed by atoms with Gasteiger partial charge in [-0.15, -0.1) is 22.9 Å². The molecule has 0 spiro atoms. The van der Waals surface area contributed by atoms with E-state index in [1.165, 1.54) is 17.6 Å². The Hall–Kier alpha value is -1.70. The summed E-state index contributed by atoms with van der Waals surface area (Å²) in [5.41, 5.74) is 3.96. The summed E-state index contributed by atoms with van der Waals surface area (Å²) in [7, 11) is 0. The summed E-state index contributed by atoms with van der Waals surface area (Å²) in [6.45, 7) is 12.8. The van der Waals surface area contributed by atoms with Crippen molar-refractivity contribution in [3.63, 3.8) is 0 Å². The van der Waals surface area contributed by atoms with E-state index in [1.807, 2.05) is 6.07 Å². The Kier molecular flexibility index (Phi) is 12.1. The zero-order chi connectivity index (χ0) is 22.7. The largest absolute Gasteiger partial charge is 0.412 e. The summed E-state index contributed by atoms with van der Waals surface area (Å²) in [5.74, 6) is 1.14. The second-order valence-corrected chi connectivity index (χ2v) is 11.7. The number of piperidine rings is 1. The van der Waals surface area contributed by atoms with E-state index in [0.717, 1.165) is 36.9 Å². The number of thiazole rings is 1. The molecule has 2 aliphatic rings. The maximum absolute atomic E-state index is 6.25. The molecule has 1 fully saturated rings. The number of halogens is 1. The summed E-state index contributed by atoms with van der Waals surface area (Å²) in [6.07, 6.45) is 8.97. The highest BCUT2D eigenvalue weighted by Crippen LogP contribution is 2.41. The molecule has 0 bridgehead atoms. The van der Waals surface area contributed by atoms with Crippen molar-refractivity contribution in [2.75, 3.05) is 25.0 Å². The van der Waals surface area contributed by atoms with Gasteiger partial charge in [0.1, 0.15) is 0 Å². The normalized spacial score (nSPS) is 22.3. The summed E-state index contributed by atoms with van der Waals surface area (Å²) in [6, 6.07) is 10.8. The molecule has 1 aromatic heterocycles. The zero-order valence-electron chi connectivity index (χ0n) is 20.7. The van der Waals surface area contributed by atoms with E-state index in [2.05, 4.69) is 85.8 Å². The average molecular weight is 522 g/mol. The van der Waals surface area contributed by atoms with Crippen molar-refractivity contribution >= 4 is 28.1 Å². The van der Waals surface area contributed by atoms with Crippen molar-refractivity contribution in [1.82, 2.24) is 9.88 Å². The maximum Gasteiger partial charge on any atom is 0.183 e. The van der Waals surface area contributed by atoms with Gasteiger partial charge in [0, 0.05) is 30.1 Å². The third-order valence-electron chi connectivity index (χ3n) is 6.93. The lowest BCUT2D eigenvalue weighted by Crippen LogP contribution is -2.50. The highest BCUT2D eigenvalue weighted by molar-refractivity contribution is 7.14. The van der Waals surface area contributed by atoms with Crippen molar-refractivity contribution in [2.24, 2.45) is 17.3 Å². The molecule has 1 aliphatic carbocycles. The lowest BCUT2D eigenvalue weighted by Gasteiger charge is -2.46. The number of anilines is 1. The van der Waals surface area contributed by atoms with Gasteiger partial charge in [-0.05, 0) is 42.2 Å². The van der Waals surface area contributed by atoms with Crippen LogP contribution in [0.3, 0.4) is 0 Å². The second-order valence-electron chi connectivity index (χ2n) is 10.3. The predicted molar refractivity (Wildman–Crippen MR) is 154 cm³/mol. The molecule has 4 rings (SSSR count). The Balaban J connectivity index is 0.00000204. The molecule has 196 valence electrons. The van der Waals surface area contributed by atoms with E-state index < -0.39 is 0 Å². The zero-order valence-corrected chi connectivity index (χ0v) is 22.3. The maximum atomic E-state index is 6.25. The first kappa shape index (κ1) is 31.3. The first-order valence-corrected chi connectivity index (χ1v) is 13.2. The molecule has 5 nitrogen and oxygen atoms in total. The summed E-state index contributed by atoms with van der Waals surface area (Å²) < 4.78 is 0. The summed E-state index contributed by atoms with van der Waals surface area (Å²) in [5, 5.41) is 7.08. The molecule has 35 heavy (non-hydrogen) atoms. The minimum absolute atomic E-state index is 0. The van der Waals surface area contributed by atoms with Crippen LogP contribution in [0.5, 0.6) is 0 Å². The Labute approximate surface area is 220 Å². The number of aromatic nitrogens is 1. The number of allylic oxidation sites excluding steroid dienone is 4. The van der Waals surface area contributed by atoms with Crippen molar-refractivity contribution < 1.29 is 11.0 Å². The van der Waals surface area contributed by atoms with Crippen LogP contribution in [0, 0.1) is 17.3 Å². The Morgan fingerprint density at radius 2 is 1.91 bits per heavy atom. The lowest BCUT2D eigenvalue weighted by molar-refractivity contribution is 0.0688. The highest BCUT2D eigenvalue weighted by Gasteiger charge is 2.38. The van der Waals surface area contributed by atoms with E-state index in [-0.39, 0.29) is 29.2 Å². The van der Waals surface area contributed by atoms with E-state index in [1.54, 1.807) is 11.3 Å². The molecule has 0 amide bonds. The number of alkyl halides is 1. The van der Waals surface area contributed by atoms with Crippen LogP contribution in [0.25, 0.3) is 11.3 Å². The van der Waals surface area contributed by atoms with E-state index in [0.29, 0.717) is 17.9 Å². The molecule has 1 saturated heterocycles. The van der Waals surface area contributed by atoms with Crippen LogP contribution < -0.4 is 5.32 Å². The fourth-order valence-electron chi connectivity index (χ4n) is 5.05. The number of likely N-dealkylation sites (tertiary alicyclic amines) is 1. The molecule has 2 heterocycles. The van der Waals surface area contributed by atoms with Crippen molar-refractivity contribution in [1.29, 1.82) is 0 Å². The van der Waals surface area contributed by atoms with Gasteiger partial charge < -0.3 is 21.2 Å². The third kappa shape index (κ3) is 7.89. The van der Waals surface area contributed by atoms with Gasteiger partial charge in [0.05, 0.1) is 11.1 Å². The minimum Gasteiger partial charge on any atom is -0.412 e. The molecular weight excluding hydrogens is 478 g/mol. The molecule has 1 aliphatic heterocycles. The molecule has 3 atom stereocenters. The first-order chi connectivity index (χ1) is 15.3. The van der Waals surface area contributed by atoms with Crippen LogP contribution >= 0.6 is 22.9 Å². The van der Waals surface area contributed by atoms with Crippen LogP contribution in [0.4, 0.5) is 5.13 Å². The smallest absolute Gasteiger partial charge is 0.183 e. The van der Waals surface area contributed by atoms with E-state index in [9.17, 15) is 0 Å². The number of rotatable bonds is 7. The van der Waals surface area contributed by atoms with Crippen LogP contribution in [0.2, 0.25) is 0 Å². The third-order valence-corrected chi connectivity index (χ3v) is 8.03. The molecule has 5 N–H and O–H groups in total. The number of nitrogens with one attached hydrogen (secondary N) is 1. The van der Waals surface area contributed by atoms with Crippen molar-refractivity contribution in [3.8, 4) is 11.3 Å². The molecular formula is C28H44ClN3O2S. The molecule has 0 radical (unpaired) electrons. The Morgan fingerprint density at radius 3 is 2.51 bits per heavy atom. The summed E-state index contributed by atoms with van der Waals surface area (Å²) >= 11 is 7.96. The van der Waals surface area contributed by atoms with E-state index >= 15 is 0 Å². The van der Waals surface area contributed by atoms with Gasteiger partial charge >= 0.3 is 0 Å². The quantitative estimate of drug-likeness (QED) is 0.448. The van der Waals surface area contributed by atoms with Gasteiger partial charge in [-0.1, -0.05) is 83.7 Å². The first-order valence-electron chi connectivity index (χ1n) is 11.8. The van der Waals surface area contributed by atoms with Crippen molar-refractivity contribution in [3.05, 3.63) is 59.5 Å². The van der Waals surface area contributed by atoms with Gasteiger partial charge in [0.2, 0.25) is 0 Å². The average Bonchev–Trinajstić information content (AvgIpc) is 3.23. The number of nitrogens with zero attached hydrogens (tertiary/aromatic N) is 2. The molecule has 7 heteroatoms. The molecule has 0 saturated carbocycles. The Bertz CT molecular complexity index is 958. The van der Waals surface area contributed by atoms with Gasteiger partial charge in [0.15, 0.2) is 5.13 Å². The monoisotopic (exact) mass is 521 g/mol. The van der Waals surface area contributed by atoms with Gasteiger partial charge in [-0.3, -0.25) is 0 Å². The summed E-state index contributed by atoms with van der Waals surface area (Å²) in [4.78, 5) is 7.52. The van der Waals surface area contributed by atoms with E-state index in [4.69, 9.17) is 16.6 Å². The van der Waals surface area contributed by atoms with Gasteiger partial charge in [-0.25, -0.2) is 4.98 Å². The van der Waals surface area contributed by atoms with Crippen LogP contribution in [-0.2, 0) is 0 Å². The van der Waals surface area contributed by atoms with Crippen molar-refractivity contribution in [2.45, 2.75) is 59.4 Å². The van der Waals surface area contributed by atoms with Crippen LogP contribution in [0.15, 0.2) is 59.5 Å². The topological polar surface area (TPSA) is 91.2 Å². The second kappa shape index (κ2) is 13.6. The number of hydrogen-bond donors (Lipinski definition) is 1. The highest BCUT2D eigenvalue weighted by atomic mass is 35.5. The van der Waals surface area contributed by atoms with Gasteiger partial charge in [0.25, 0.3) is 0 Å². The van der Waals surface area contributed by atoms with Gasteiger partial charge in [-0.2, -0.15) is 0 Å². The standard InChI is InChI=1S/C27H36ClN3S.CH4.2H2O/c1-19(2)24(29-26-30-25(17-32-26)21-8-6-5-7-9-21)16-31-15-14-23(27(3,4)18-31)20-10-12-22(28)13-11-20;;;/h5-12,17,19,22-24H,13-16,18H2,1-4H3,(H,29,30);1H4;2*1H2/t22?,23?,24-;;;/m0.../s1. The fourth-order valence-corrected chi connectivity index (χ4v) is 6.00. The number of benzene rings is 1. The minimum atomic E-state index is 0. The predicted octanol–water partition coefficient (Wildman–Crippen LogP) is 6.08. The Morgan fingerprint density at radius 1 is 1.20 bits per heavy atom. The fraction of sp³-hybridized carbons (Fsp3) is 0.536. The molecule has 2 aromatic rings. The molecule has 1 aromatic carbocycles.